The molecule has 0 aromatic rings. The molecule has 0 N–H and O–H groups in total. The Kier molecular flexibility index (Phi) is 11.7. The summed E-state index contributed by atoms with van der Waals surface area (Å²) in [6.07, 6.45) is 17.4. The standard InChI is InChI=1S/C32H54O4Si/c1-8-9-10-14-19-34-21-29-28(30-17-18-31(29)36-30)16-13-11-12-15-26-20-27(35-32(26)33)22-37(23(2)3,24(4)5)25(6)7/h11,13,20,22-25,28-31H,8-10,12,14-19,21H2,1-7H3/b13-11-,27-22-/t28-,29+,30+,31-/m0/s1. The first kappa shape index (κ1) is 30.4. The molecular formula is C32H54O4Si. The Morgan fingerprint density at radius 1 is 0.973 bits per heavy atom. The molecule has 0 saturated carbocycles. The van der Waals surface area contributed by atoms with Crippen molar-refractivity contribution >= 4 is 14.0 Å². The number of hydrogen-bond donors (Lipinski definition) is 0. The number of hydrogen-bond acceptors (Lipinski definition) is 4. The zero-order valence-corrected chi connectivity index (χ0v) is 25.8. The van der Waals surface area contributed by atoms with Crippen LogP contribution in [-0.4, -0.2) is 39.5 Å². The predicted molar refractivity (Wildman–Crippen MR) is 156 cm³/mol. The zero-order chi connectivity index (χ0) is 27.0. The summed E-state index contributed by atoms with van der Waals surface area (Å²) >= 11 is 0. The van der Waals surface area contributed by atoms with Crippen molar-refractivity contribution in [3.63, 3.8) is 0 Å². The summed E-state index contributed by atoms with van der Waals surface area (Å²) in [4.78, 5) is 12.6. The average molecular weight is 531 g/mol. The first-order valence-electron chi connectivity index (χ1n) is 15.2. The van der Waals surface area contributed by atoms with E-state index in [0.29, 0.717) is 40.7 Å². The van der Waals surface area contributed by atoms with Gasteiger partial charge in [0.1, 0.15) is 5.76 Å². The van der Waals surface area contributed by atoms with Gasteiger partial charge in [0.25, 0.3) is 0 Å². The van der Waals surface area contributed by atoms with Gasteiger partial charge in [-0.15, -0.1) is 0 Å². The van der Waals surface area contributed by atoms with E-state index in [4.69, 9.17) is 14.2 Å². The molecule has 210 valence electrons. The molecule has 0 unspecified atom stereocenters. The first-order chi connectivity index (χ1) is 17.7. The van der Waals surface area contributed by atoms with E-state index in [1.807, 2.05) is 6.08 Å². The normalized spacial score (nSPS) is 27.0. The second kappa shape index (κ2) is 14.3. The molecule has 0 amide bonds. The minimum atomic E-state index is -1.76. The largest absolute Gasteiger partial charge is 0.424 e. The maximum Gasteiger partial charge on any atom is 0.339 e. The minimum absolute atomic E-state index is 0.156. The highest BCUT2D eigenvalue weighted by Gasteiger charge is 2.48. The lowest BCUT2D eigenvalue weighted by molar-refractivity contribution is -0.133. The molecule has 0 radical (unpaired) electrons. The van der Waals surface area contributed by atoms with E-state index in [0.717, 1.165) is 43.8 Å². The summed E-state index contributed by atoms with van der Waals surface area (Å²) in [6.45, 7) is 18.0. The number of cyclic esters (lactones) is 1. The second-order valence-electron chi connectivity index (χ2n) is 12.6. The lowest BCUT2D eigenvalue weighted by Crippen LogP contribution is -2.43. The molecule has 0 aromatic carbocycles. The van der Waals surface area contributed by atoms with Gasteiger partial charge < -0.3 is 14.2 Å². The smallest absolute Gasteiger partial charge is 0.339 e. The summed E-state index contributed by atoms with van der Waals surface area (Å²) in [5.41, 5.74) is 4.99. The highest BCUT2D eigenvalue weighted by atomic mass is 28.3. The number of ether oxygens (including phenoxy) is 3. The molecule has 0 aromatic heterocycles. The van der Waals surface area contributed by atoms with Crippen LogP contribution in [0.2, 0.25) is 16.6 Å². The molecule has 3 rings (SSSR count). The number of allylic oxidation sites excluding steroid dienone is 3. The van der Waals surface area contributed by atoms with E-state index in [-0.39, 0.29) is 5.97 Å². The van der Waals surface area contributed by atoms with Gasteiger partial charge in [-0.3, -0.25) is 0 Å². The fourth-order valence-electron chi connectivity index (χ4n) is 7.31. The van der Waals surface area contributed by atoms with Crippen LogP contribution < -0.4 is 0 Å². The van der Waals surface area contributed by atoms with E-state index >= 15 is 0 Å². The van der Waals surface area contributed by atoms with Crippen LogP contribution in [0.4, 0.5) is 0 Å². The third-order valence-corrected chi connectivity index (χ3v) is 16.2. The van der Waals surface area contributed by atoms with Crippen molar-refractivity contribution in [2.45, 2.75) is 135 Å². The van der Waals surface area contributed by atoms with Crippen LogP contribution in [-0.2, 0) is 19.0 Å². The molecule has 3 aliphatic rings. The molecule has 37 heavy (non-hydrogen) atoms. The van der Waals surface area contributed by atoms with Gasteiger partial charge in [-0.05, 0) is 67.1 Å². The summed E-state index contributed by atoms with van der Waals surface area (Å²) in [5, 5.41) is 0. The quantitative estimate of drug-likeness (QED) is 0.0866. The molecule has 2 bridgehead atoms. The Balaban J connectivity index is 1.50. The number of rotatable bonds is 16. The third kappa shape index (κ3) is 7.48. The molecule has 3 aliphatic heterocycles. The summed E-state index contributed by atoms with van der Waals surface area (Å²) in [5.74, 6) is 1.74. The number of carbonyl (C=O) groups is 1. The van der Waals surface area contributed by atoms with E-state index in [2.05, 4.69) is 66.3 Å². The summed E-state index contributed by atoms with van der Waals surface area (Å²) < 4.78 is 18.1. The van der Waals surface area contributed by atoms with Crippen molar-refractivity contribution < 1.29 is 19.0 Å². The molecule has 2 saturated heterocycles. The lowest BCUT2D eigenvalue weighted by Gasteiger charge is -2.40. The number of fused-ring (bicyclic) bond motifs is 2. The summed E-state index contributed by atoms with van der Waals surface area (Å²) in [7, 11) is -1.76. The van der Waals surface area contributed by atoms with Crippen molar-refractivity contribution in [1.82, 2.24) is 0 Å². The van der Waals surface area contributed by atoms with Crippen LogP contribution in [0.25, 0.3) is 0 Å². The second-order valence-corrected chi connectivity index (χ2v) is 18.3. The molecule has 2 fully saturated rings. The molecular weight excluding hydrogens is 476 g/mol. The number of esters is 1. The van der Waals surface area contributed by atoms with Crippen molar-refractivity contribution in [2.24, 2.45) is 11.8 Å². The number of unbranched alkanes of at least 4 members (excludes halogenated alkanes) is 3. The SMILES string of the molecule is CCCCCCOC[C@@H]1[C@H](C/C=C\CCC2=C/C(=C/[Si](C(C)C)(C(C)C)C(C)C)OC2=O)[C@H]2CC[C@@H]1O2. The predicted octanol–water partition coefficient (Wildman–Crippen LogP) is 8.69. The molecule has 0 aliphatic carbocycles. The van der Waals surface area contributed by atoms with Crippen LogP contribution in [0.3, 0.4) is 0 Å². The Labute approximate surface area is 228 Å². The monoisotopic (exact) mass is 530 g/mol. The summed E-state index contributed by atoms with van der Waals surface area (Å²) in [6, 6.07) is 0. The molecule has 0 spiro atoms. The first-order valence-corrected chi connectivity index (χ1v) is 17.5. The highest BCUT2D eigenvalue weighted by Crippen LogP contribution is 2.46. The highest BCUT2D eigenvalue weighted by molar-refractivity contribution is 6.88. The van der Waals surface area contributed by atoms with Crippen LogP contribution in [0, 0.1) is 11.8 Å². The van der Waals surface area contributed by atoms with Gasteiger partial charge in [-0.2, -0.15) is 0 Å². The maximum atomic E-state index is 12.6. The van der Waals surface area contributed by atoms with Gasteiger partial charge in [-0.25, -0.2) is 4.79 Å². The Bertz CT molecular complexity index is 803. The fraction of sp³-hybridized carbons (Fsp3) is 0.781. The van der Waals surface area contributed by atoms with Crippen LogP contribution in [0.5, 0.6) is 0 Å². The van der Waals surface area contributed by atoms with Crippen molar-refractivity contribution in [3.8, 4) is 0 Å². The minimum Gasteiger partial charge on any atom is -0.424 e. The Hall–Kier alpha value is -1.17. The van der Waals surface area contributed by atoms with Gasteiger partial charge in [0.15, 0.2) is 0 Å². The van der Waals surface area contributed by atoms with Crippen molar-refractivity contribution in [2.75, 3.05) is 13.2 Å². The average Bonchev–Trinajstić information content (AvgIpc) is 3.54. The van der Waals surface area contributed by atoms with E-state index in [1.165, 1.54) is 38.5 Å². The van der Waals surface area contributed by atoms with E-state index in [9.17, 15) is 4.79 Å². The maximum absolute atomic E-state index is 12.6. The lowest BCUT2D eigenvalue weighted by atomic mass is 9.78. The van der Waals surface area contributed by atoms with Crippen LogP contribution in [0.1, 0.15) is 106 Å². The van der Waals surface area contributed by atoms with Crippen LogP contribution >= 0.6 is 0 Å². The van der Waals surface area contributed by atoms with Gasteiger partial charge in [0, 0.05) is 18.1 Å². The van der Waals surface area contributed by atoms with Crippen molar-refractivity contribution in [1.29, 1.82) is 0 Å². The van der Waals surface area contributed by atoms with Gasteiger partial charge in [-0.1, -0.05) is 85.6 Å². The molecule has 4 atom stereocenters. The third-order valence-electron chi connectivity index (χ3n) is 9.38. The molecule has 3 heterocycles. The number of carbonyl (C=O) groups excluding carboxylic acids is 1. The zero-order valence-electron chi connectivity index (χ0n) is 24.8. The van der Waals surface area contributed by atoms with Gasteiger partial charge >= 0.3 is 5.97 Å². The Morgan fingerprint density at radius 3 is 2.30 bits per heavy atom. The molecule has 4 nitrogen and oxygen atoms in total. The van der Waals surface area contributed by atoms with Crippen LogP contribution in [0.15, 0.2) is 35.3 Å². The Morgan fingerprint density at radius 2 is 1.65 bits per heavy atom. The topological polar surface area (TPSA) is 44.8 Å². The van der Waals surface area contributed by atoms with Gasteiger partial charge in [0.2, 0.25) is 0 Å². The van der Waals surface area contributed by atoms with Gasteiger partial charge in [0.05, 0.1) is 26.9 Å². The fourth-order valence-corrected chi connectivity index (χ4v) is 12.9. The molecule has 5 heteroatoms. The van der Waals surface area contributed by atoms with E-state index in [1.54, 1.807) is 0 Å². The van der Waals surface area contributed by atoms with Crippen molar-refractivity contribution in [3.05, 3.63) is 35.3 Å². The van der Waals surface area contributed by atoms with E-state index < -0.39 is 8.07 Å².